The van der Waals surface area contributed by atoms with Crippen LogP contribution in [0.1, 0.15) is 50.3 Å². The van der Waals surface area contributed by atoms with Gasteiger partial charge in [0.05, 0.1) is 16.6 Å². The molecule has 3 fully saturated rings. The van der Waals surface area contributed by atoms with E-state index >= 15 is 0 Å². The van der Waals surface area contributed by atoms with Crippen LogP contribution >= 0.6 is 0 Å². The molecule has 5 heteroatoms. The Morgan fingerprint density at radius 2 is 1.43 bits per heavy atom. The van der Waals surface area contributed by atoms with Gasteiger partial charge in [0.25, 0.3) is 0 Å². The molecule has 5 unspecified atom stereocenters. The normalized spacial score (nSPS) is 29.7. The van der Waals surface area contributed by atoms with Gasteiger partial charge in [-0.1, -0.05) is 78.4 Å². The first-order valence-electron chi connectivity index (χ1n) is 13.5. The van der Waals surface area contributed by atoms with E-state index in [1.54, 1.807) is 12.1 Å². The molecule has 6 rings (SSSR count). The summed E-state index contributed by atoms with van der Waals surface area (Å²) < 4.78 is 36.9. The van der Waals surface area contributed by atoms with Crippen LogP contribution in [0.25, 0.3) is 0 Å². The summed E-state index contributed by atoms with van der Waals surface area (Å²) in [5, 5.41) is 0. The average Bonchev–Trinajstić information content (AvgIpc) is 3.22. The minimum Gasteiger partial charge on any atom is -0.372 e. The molecule has 0 radical (unpaired) electrons. The van der Waals surface area contributed by atoms with Crippen molar-refractivity contribution in [2.75, 3.05) is 6.54 Å². The number of hydrogen-bond acceptors (Lipinski definition) is 3. The van der Waals surface area contributed by atoms with Crippen molar-refractivity contribution >= 4 is 10.0 Å². The zero-order valence-corrected chi connectivity index (χ0v) is 23.0. The van der Waals surface area contributed by atoms with E-state index in [1.165, 1.54) is 11.1 Å². The summed E-state index contributed by atoms with van der Waals surface area (Å²) in [7, 11) is -3.65. The first-order chi connectivity index (χ1) is 17.6. The van der Waals surface area contributed by atoms with Gasteiger partial charge in [-0.3, -0.25) is 0 Å². The molecule has 1 N–H and O–H groups in total. The van der Waals surface area contributed by atoms with E-state index < -0.39 is 10.0 Å². The Kier molecular flexibility index (Phi) is 5.72. The van der Waals surface area contributed by atoms with E-state index in [4.69, 9.17) is 4.74 Å². The molecular weight excluding hydrogens is 478 g/mol. The van der Waals surface area contributed by atoms with Gasteiger partial charge in [0.1, 0.15) is 0 Å². The molecule has 3 aromatic rings. The smallest absolute Gasteiger partial charge is 0.240 e. The highest BCUT2D eigenvalue weighted by Crippen LogP contribution is 2.86. The van der Waals surface area contributed by atoms with Crippen LogP contribution in [0.3, 0.4) is 0 Å². The van der Waals surface area contributed by atoms with Crippen LogP contribution < -0.4 is 4.72 Å². The molecule has 2 bridgehead atoms. The van der Waals surface area contributed by atoms with Crippen LogP contribution in [0.4, 0.5) is 0 Å². The molecule has 0 spiro atoms. The zero-order chi connectivity index (χ0) is 26.1. The van der Waals surface area contributed by atoms with Crippen LogP contribution in [-0.2, 0) is 20.2 Å². The Bertz CT molecular complexity index is 1340. The van der Waals surface area contributed by atoms with E-state index in [1.807, 2.05) is 19.1 Å². The highest BCUT2D eigenvalue weighted by atomic mass is 32.2. The molecule has 0 aliphatic heterocycles. The predicted octanol–water partition coefficient (Wildman–Crippen LogP) is 6.10. The second-order valence-corrected chi connectivity index (χ2v) is 14.0. The topological polar surface area (TPSA) is 55.4 Å². The molecule has 37 heavy (non-hydrogen) atoms. The lowest BCUT2D eigenvalue weighted by Gasteiger charge is -2.38. The minimum absolute atomic E-state index is 0.148. The Morgan fingerprint density at radius 3 is 1.97 bits per heavy atom. The number of nitrogens with one attached hydrogen (secondary N) is 1. The van der Waals surface area contributed by atoms with Gasteiger partial charge < -0.3 is 4.74 Å². The van der Waals surface area contributed by atoms with Crippen LogP contribution in [0.15, 0.2) is 89.8 Å². The third kappa shape index (κ3) is 3.65. The average molecular weight is 516 g/mol. The number of rotatable bonds is 7. The van der Waals surface area contributed by atoms with Crippen LogP contribution in [0, 0.1) is 30.1 Å². The standard InChI is InChI=1S/C32H37NO3S/c1-22-15-17-25(18-16-22)37(34,35)33-21-31-27-20-19-26(28(27)36-30(2,3)4)29(31)32(31,23-11-7-5-8-12-23)24-13-9-6-10-14-24/h5-18,26-29,33H,19-21H2,1-4H3. The summed E-state index contributed by atoms with van der Waals surface area (Å²) in [6.45, 7) is 8.76. The molecule has 3 saturated carbocycles. The summed E-state index contributed by atoms with van der Waals surface area (Å²) in [6.07, 6.45) is 2.34. The number of ether oxygens (including phenoxy) is 1. The minimum atomic E-state index is -3.65. The molecule has 4 nitrogen and oxygen atoms in total. The Hall–Kier alpha value is -2.47. The highest BCUT2D eigenvalue weighted by Gasteiger charge is 2.88. The SMILES string of the molecule is Cc1ccc(S(=O)(=O)NCC23C4CCC(C4OC(C)(C)C)C2C3(c2ccccc2)c2ccccc2)cc1. The zero-order valence-electron chi connectivity index (χ0n) is 22.1. The summed E-state index contributed by atoms with van der Waals surface area (Å²) in [5.41, 5.74) is 2.88. The lowest BCUT2D eigenvalue weighted by atomic mass is 9.72. The Morgan fingerprint density at radius 1 is 0.865 bits per heavy atom. The summed E-state index contributed by atoms with van der Waals surface area (Å²) in [6, 6.07) is 28.6. The molecule has 0 aromatic heterocycles. The van der Waals surface area contributed by atoms with Gasteiger partial charge in [-0.15, -0.1) is 0 Å². The Balaban J connectivity index is 1.47. The van der Waals surface area contributed by atoms with Crippen molar-refractivity contribution in [3.8, 4) is 0 Å². The fourth-order valence-electron chi connectivity index (χ4n) is 8.16. The molecule has 3 aromatic carbocycles. The maximum atomic E-state index is 13.5. The van der Waals surface area contributed by atoms with Crippen molar-refractivity contribution in [1.82, 2.24) is 4.72 Å². The van der Waals surface area contributed by atoms with Crippen molar-refractivity contribution in [2.45, 2.75) is 62.6 Å². The third-order valence-corrected chi connectivity index (χ3v) is 10.6. The molecular formula is C32H37NO3S. The van der Waals surface area contributed by atoms with Crippen LogP contribution in [0.5, 0.6) is 0 Å². The highest BCUT2D eigenvalue weighted by molar-refractivity contribution is 7.89. The van der Waals surface area contributed by atoms with Crippen molar-refractivity contribution in [1.29, 1.82) is 0 Å². The van der Waals surface area contributed by atoms with E-state index in [0.717, 1.165) is 18.4 Å². The summed E-state index contributed by atoms with van der Waals surface area (Å²) in [5.74, 6) is 0.994. The fourth-order valence-corrected chi connectivity index (χ4v) is 9.25. The second-order valence-electron chi connectivity index (χ2n) is 12.2. The van der Waals surface area contributed by atoms with E-state index in [9.17, 15) is 8.42 Å². The summed E-state index contributed by atoms with van der Waals surface area (Å²) >= 11 is 0. The number of benzene rings is 3. The number of aryl methyl sites for hydroxylation is 1. The predicted molar refractivity (Wildman–Crippen MR) is 147 cm³/mol. The fraction of sp³-hybridized carbons (Fsp3) is 0.438. The second kappa shape index (κ2) is 8.52. The van der Waals surface area contributed by atoms with Crippen molar-refractivity contribution < 1.29 is 13.2 Å². The quantitative estimate of drug-likeness (QED) is 0.414. The Labute approximate surface area is 221 Å². The molecule has 3 aliphatic rings. The maximum absolute atomic E-state index is 13.5. The van der Waals surface area contributed by atoms with E-state index in [-0.39, 0.29) is 28.5 Å². The molecule has 0 saturated heterocycles. The van der Waals surface area contributed by atoms with Crippen LogP contribution in [-0.4, -0.2) is 26.7 Å². The van der Waals surface area contributed by atoms with E-state index in [2.05, 4.69) is 86.2 Å². The molecule has 3 aliphatic carbocycles. The maximum Gasteiger partial charge on any atom is 0.240 e. The van der Waals surface area contributed by atoms with Crippen molar-refractivity contribution in [2.24, 2.45) is 23.2 Å². The molecule has 0 amide bonds. The lowest BCUT2D eigenvalue weighted by Crippen LogP contribution is -2.43. The molecule has 194 valence electrons. The number of fused-ring (bicyclic) bond motifs is 5. The van der Waals surface area contributed by atoms with Gasteiger partial charge in [0.15, 0.2) is 0 Å². The lowest BCUT2D eigenvalue weighted by molar-refractivity contribution is -0.0932. The van der Waals surface area contributed by atoms with Crippen LogP contribution in [0.2, 0.25) is 0 Å². The van der Waals surface area contributed by atoms with Gasteiger partial charge in [-0.25, -0.2) is 13.1 Å². The first-order valence-corrected chi connectivity index (χ1v) is 14.9. The first kappa shape index (κ1) is 24.8. The van der Waals surface area contributed by atoms with Crippen molar-refractivity contribution in [3.05, 3.63) is 102 Å². The van der Waals surface area contributed by atoms with Gasteiger partial charge >= 0.3 is 0 Å². The van der Waals surface area contributed by atoms with Crippen molar-refractivity contribution in [3.63, 3.8) is 0 Å². The van der Waals surface area contributed by atoms with Gasteiger partial charge in [-0.05, 0) is 81.5 Å². The summed E-state index contributed by atoms with van der Waals surface area (Å²) in [4.78, 5) is 0.322. The van der Waals surface area contributed by atoms with Gasteiger partial charge in [0, 0.05) is 17.4 Å². The monoisotopic (exact) mass is 515 g/mol. The largest absolute Gasteiger partial charge is 0.372 e. The van der Waals surface area contributed by atoms with Gasteiger partial charge in [-0.2, -0.15) is 0 Å². The third-order valence-electron chi connectivity index (χ3n) is 9.23. The van der Waals surface area contributed by atoms with Gasteiger partial charge in [0.2, 0.25) is 10.0 Å². The molecule has 5 atom stereocenters. The number of sulfonamides is 1. The molecule has 0 heterocycles. The van der Waals surface area contributed by atoms with E-state index in [0.29, 0.717) is 23.3 Å². The number of hydrogen-bond donors (Lipinski definition) is 1.